The number of nitrogens with two attached hydrogens (primary N) is 1. The van der Waals surface area contributed by atoms with Crippen molar-refractivity contribution < 1.29 is 120 Å². The number of alkyl carbamates (subject to hydrolysis) is 1. The molecular formula is C82H143N17O25. The van der Waals surface area contributed by atoms with Gasteiger partial charge in [-0.3, -0.25) is 72.1 Å². The zero-order chi connectivity index (χ0) is 93.0. The Morgan fingerprint density at radius 3 is 1.29 bits per heavy atom. The molecule has 0 aliphatic carbocycles. The second-order valence-corrected chi connectivity index (χ2v) is 29.6. The molecule has 4 rings (SSSR count). The molecule has 124 heavy (non-hydrogen) atoms. The number of imide groups is 3. The lowest BCUT2D eigenvalue weighted by atomic mass is 10.0. The second-order valence-electron chi connectivity index (χ2n) is 29.6. The molecular weight excluding hydrogens is 1620 g/mol. The highest BCUT2D eigenvalue weighted by Gasteiger charge is 2.34. The van der Waals surface area contributed by atoms with Gasteiger partial charge < -0.3 is 113 Å². The van der Waals surface area contributed by atoms with Crippen LogP contribution in [0.15, 0.2) is 36.4 Å². The summed E-state index contributed by atoms with van der Waals surface area (Å²) in [6.45, 7) is 37.0. The Balaban J connectivity index is 0.00000173. The first-order valence-corrected chi connectivity index (χ1v) is 42.5. The molecule has 15 N–H and O–H groups in total. The average Bonchev–Trinajstić information content (AvgIpc) is 1.66. The summed E-state index contributed by atoms with van der Waals surface area (Å²) in [7, 11) is 0. The molecule has 1 aromatic carbocycles. The number of ether oxygens (including phenoxy) is 7. The van der Waals surface area contributed by atoms with E-state index in [0.717, 1.165) is 36.1 Å². The average molecular weight is 1770 g/mol. The van der Waals surface area contributed by atoms with Crippen LogP contribution < -0.4 is 74.9 Å². The van der Waals surface area contributed by atoms with Gasteiger partial charge in [-0.05, 0) is 50.3 Å². The first kappa shape index (κ1) is 114. The fourth-order valence-corrected chi connectivity index (χ4v) is 9.97. The third kappa shape index (κ3) is 62.4. The van der Waals surface area contributed by atoms with Crippen LogP contribution in [0.25, 0.3) is 0 Å². The number of hydrogen-bond acceptors (Lipinski definition) is 29. The van der Waals surface area contributed by atoms with Crippen LogP contribution in [0.5, 0.6) is 0 Å². The summed E-state index contributed by atoms with van der Waals surface area (Å²) in [5.74, 6) is -5.05. The van der Waals surface area contributed by atoms with Gasteiger partial charge in [0.15, 0.2) is 0 Å². The van der Waals surface area contributed by atoms with Gasteiger partial charge >= 0.3 is 18.1 Å². The van der Waals surface area contributed by atoms with Crippen LogP contribution in [-0.4, -0.2) is 304 Å². The van der Waals surface area contributed by atoms with E-state index in [1.807, 2.05) is 20.8 Å². The van der Waals surface area contributed by atoms with Crippen LogP contribution in [0.4, 0.5) is 15.3 Å². The fourth-order valence-electron chi connectivity index (χ4n) is 9.97. The van der Waals surface area contributed by atoms with Gasteiger partial charge in [-0.1, -0.05) is 95.2 Å². The van der Waals surface area contributed by atoms with Crippen LogP contribution in [0.3, 0.4) is 0 Å². The van der Waals surface area contributed by atoms with E-state index in [1.165, 1.54) is 12.2 Å². The summed E-state index contributed by atoms with van der Waals surface area (Å²) < 4.78 is 37.3. The monoisotopic (exact) mass is 1770 g/mol. The molecule has 42 heteroatoms. The largest absolute Gasteiger partial charge is 0.445 e. The van der Waals surface area contributed by atoms with Crippen molar-refractivity contribution in [2.45, 2.75) is 223 Å². The van der Waals surface area contributed by atoms with Gasteiger partial charge in [0.1, 0.15) is 18.7 Å². The van der Waals surface area contributed by atoms with E-state index in [-0.39, 0.29) is 151 Å². The van der Waals surface area contributed by atoms with Crippen molar-refractivity contribution in [3.63, 3.8) is 0 Å². The van der Waals surface area contributed by atoms with Crippen molar-refractivity contribution in [3.05, 3.63) is 42.0 Å². The molecule has 0 bridgehead atoms. The minimum atomic E-state index is -0.999. The number of nitrogens with zero attached hydrogens (tertiary/aromatic N) is 3. The molecule has 0 spiro atoms. The van der Waals surface area contributed by atoms with Crippen molar-refractivity contribution in [3.8, 4) is 0 Å². The normalized spacial score (nSPS) is 13.3. The Morgan fingerprint density at radius 2 is 0.831 bits per heavy atom. The summed E-state index contributed by atoms with van der Waals surface area (Å²) >= 11 is 0. The van der Waals surface area contributed by atoms with Crippen molar-refractivity contribution in [2.75, 3.05) is 157 Å². The van der Waals surface area contributed by atoms with Crippen LogP contribution in [0.2, 0.25) is 0 Å². The molecule has 0 saturated carbocycles. The number of anilines is 1. The van der Waals surface area contributed by atoms with Crippen molar-refractivity contribution in [1.29, 1.82) is 0 Å². The number of amides is 16. The van der Waals surface area contributed by atoms with Gasteiger partial charge in [0, 0.05) is 172 Å². The smallest absolute Gasteiger partial charge is 0.407 e. The van der Waals surface area contributed by atoms with E-state index < -0.39 is 71.5 Å². The number of nitrogens with one attached hydrogen (secondary N) is 13. The molecule has 0 radical (unpaired) electrons. The summed E-state index contributed by atoms with van der Waals surface area (Å²) in [4.78, 5) is 197. The lowest BCUT2D eigenvalue weighted by Crippen LogP contribution is -2.54. The maximum absolute atomic E-state index is 13.4. The predicted molar refractivity (Wildman–Crippen MR) is 458 cm³/mol. The SMILES string of the molecule is CC(C)NCCOCCOCCC(=O)NCCNC(=O)CCN1C(=O)C=CC1=O.CC(C)NCCOCCOCCC(=O)ON1C(=O)CCC1=O.CC(C)ON1C(=O)CCC1=O.CCC(=O)NCCNC(C)C.CCC(=O)NCCOCCOCCC(=O)N[C@H](C(=O)N[C@@H](CCCNC(N)=O)C(=O)Nc1ccc(COC(=O)NCCNC(C)C)cc1)C(C)C. The molecule has 3 heterocycles. The highest BCUT2D eigenvalue weighted by Crippen LogP contribution is 2.16. The minimum Gasteiger partial charge on any atom is -0.445 e. The van der Waals surface area contributed by atoms with Gasteiger partial charge in [0.25, 0.3) is 35.4 Å². The fraction of sp³-hybridized carbons (Fsp3) is 0.707. The summed E-state index contributed by atoms with van der Waals surface area (Å²) in [6.07, 6.45) is 4.16. The number of hydrogen-bond donors (Lipinski definition) is 14. The molecule has 2 fully saturated rings. The Bertz CT molecular complexity index is 3300. The first-order valence-electron chi connectivity index (χ1n) is 42.5. The lowest BCUT2D eigenvalue weighted by molar-refractivity contribution is -0.198. The third-order valence-electron chi connectivity index (χ3n) is 16.5. The van der Waals surface area contributed by atoms with E-state index in [0.29, 0.717) is 145 Å². The Morgan fingerprint density at radius 1 is 0.419 bits per heavy atom. The van der Waals surface area contributed by atoms with E-state index in [2.05, 4.69) is 111 Å². The number of urea groups is 1. The predicted octanol–water partition coefficient (Wildman–Crippen LogP) is 0.829. The minimum absolute atomic E-state index is 0.00719. The number of primary amides is 1. The summed E-state index contributed by atoms with van der Waals surface area (Å²) in [6, 6.07) is 5.72. The molecule has 706 valence electrons. The number of benzene rings is 1. The van der Waals surface area contributed by atoms with Gasteiger partial charge in [0.05, 0.1) is 91.8 Å². The maximum Gasteiger partial charge on any atom is 0.407 e. The third-order valence-corrected chi connectivity index (χ3v) is 16.5. The molecule has 42 nitrogen and oxygen atoms in total. The zero-order valence-corrected chi connectivity index (χ0v) is 75.2. The molecule has 0 unspecified atom stereocenters. The second kappa shape index (κ2) is 71.5. The molecule has 2 saturated heterocycles. The van der Waals surface area contributed by atoms with Crippen molar-refractivity contribution in [2.24, 2.45) is 11.7 Å². The van der Waals surface area contributed by atoms with E-state index in [4.69, 9.17) is 48.6 Å². The van der Waals surface area contributed by atoms with E-state index in [9.17, 15) is 76.7 Å². The highest BCUT2D eigenvalue weighted by molar-refractivity contribution is 6.13. The Hall–Kier alpha value is -9.76. The van der Waals surface area contributed by atoms with Gasteiger partial charge in [-0.2, -0.15) is 5.06 Å². The van der Waals surface area contributed by atoms with Gasteiger partial charge in [-0.15, -0.1) is 5.06 Å². The quantitative estimate of drug-likeness (QED) is 0.0317. The number of carbonyl (C=O) groups excluding carboxylic acids is 16. The molecule has 3 aliphatic rings. The van der Waals surface area contributed by atoms with Crippen LogP contribution >= 0.6 is 0 Å². The number of hydroxylamine groups is 4. The summed E-state index contributed by atoms with van der Waals surface area (Å²) in [5.41, 5.74) is 6.30. The van der Waals surface area contributed by atoms with Crippen molar-refractivity contribution in [1.82, 2.24) is 78.8 Å². The van der Waals surface area contributed by atoms with E-state index in [1.54, 1.807) is 58.9 Å². The van der Waals surface area contributed by atoms with Crippen LogP contribution in [0.1, 0.15) is 180 Å². The van der Waals surface area contributed by atoms with Crippen LogP contribution in [0, 0.1) is 5.92 Å². The molecule has 3 aliphatic heterocycles. The Labute approximate surface area is 729 Å². The first-order chi connectivity index (χ1) is 59.0. The maximum atomic E-state index is 13.4. The van der Waals surface area contributed by atoms with Crippen LogP contribution in [-0.2, 0) is 117 Å². The van der Waals surface area contributed by atoms with Crippen molar-refractivity contribution >= 4 is 101 Å². The molecule has 16 amide bonds. The standard InChI is InChI=1S/C34H58N8O9.C19H32N4O6.C14H24N2O6.C8H18N2O.C7H11NO3/c1-6-28(43)37-17-19-50-21-20-49-18-13-29(44)42-30(23(2)3)32(46)41-27(8-7-14-38-33(35)47)31(45)40-26-11-9-25(10-12-26)22-51-34(48)39-16-15-36-24(4)5;1-15(2)20-9-12-29-14-13-28-11-6-17(25)22-8-7-21-16(24)5-10-23-18(26)3-4-19(23)27;1-11(2)15-6-8-21-10-9-20-7-5-14(19)22-16-12(17)3-4-13(16)18;1-4-8(11)10-6-5-9-7(2)3;1-5(2)11-8-6(9)3-4-7(8)10/h9-12,23-24,27,30,36H,6-8,13-22H2,1-5H3,(H,37,43)(H,39,48)(H,40,45)(H,41,46)(H,42,44)(H3,35,38,47);3-4,15,20H,5-14H2,1-2H3,(H,21,24)(H,22,25);11,15H,3-10H2,1-2H3;7,9H,4-6H2,1-3H3,(H,10,11);5H,3-4H2,1-2H3/t27-,30-;;;;/m0..../s1. The topological polar surface area (TPSA) is 548 Å². The number of carbonyl (C=O) groups is 16. The molecule has 2 atom stereocenters. The zero-order valence-electron chi connectivity index (χ0n) is 75.2. The molecule has 1 aromatic rings. The Kier molecular flexibility index (Phi) is 65.9. The summed E-state index contributed by atoms with van der Waals surface area (Å²) in [5, 5.41) is 38.4. The molecule has 0 aromatic heterocycles. The highest BCUT2D eigenvalue weighted by atomic mass is 16.7. The van der Waals surface area contributed by atoms with Gasteiger partial charge in [-0.25, -0.2) is 14.4 Å². The lowest BCUT2D eigenvalue weighted by Gasteiger charge is -2.25. The van der Waals surface area contributed by atoms with Gasteiger partial charge in [0.2, 0.25) is 41.4 Å². The van der Waals surface area contributed by atoms with E-state index >= 15 is 0 Å². The number of rotatable bonds is 60.